The van der Waals surface area contributed by atoms with Crippen LogP contribution in [0.15, 0.2) is 41.5 Å². The summed E-state index contributed by atoms with van der Waals surface area (Å²) in [6.07, 6.45) is -0.701. The maximum atomic E-state index is 12.3. The van der Waals surface area contributed by atoms with E-state index in [1.807, 2.05) is 38.1 Å². The topological polar surface area (TPSA) is 89.0 Å². The number of rotatable bonds is 5. The molecular formula is C21H23N3O4. The Hall–Kier alpha value is -3.35. The molecule has 0 radical (unpaired) electrons. The number of fused-ring (bicyclic) bond motifs is 1. The van der Waals surface area contributed by atoms with E-state index in [-0.39, 0.29) is 18.4 Å². The Bertz CT molecular complexity index is 953. The minimum absolute atomic E-state index is 0.00772. The number of nitrogens with one attached hydrogen (secondary N) is 2. The molecule has 0 aliphatic carbocycles. The second-order valence-corrected chi connectivity index (χ2v) is 6.68. The minimum atomic E-state index is -0.701. The van der Waals surface area contributed by atoms with Crippen LogP contribution in [0.1, 0.15) is 30.5 Å². The molecule has 0 saturated carbocycles. The van der Waals surface area contributed by atoms with E-state index in [1.165, 1.54) is 0 Å². The molecule has 0 spiro atoms. The van der Waals surface area contributed by atoms with Gasteiger partial charge in [0.2, 0.25) is 0 Å². The van der Waals surface area contributed by atoms with Crippen molar-refractivity contribution in [3.05, 3.63) is 53.1 Å². The summed E-state index contributed by atoms with van der Waals surface area (Å²) in [7, 11) is 0. The SMILES string of the molecule is C/C(=N/NC(=O)[C@H](C)Oc1cccc(C)c1C)c1ccc2c(c1)NC(=O)CO2. The van der Waals surface area contributed by atoms with Gasteiger partial charge in [0.05, 0.1) is 11.4 Å². The number of hydrazone groups is 1. The molecule has 0 unspecified atom stereocenters. The third-order valence-corrected chi connectivity index (χ3v) is 4.59. The lowest BCUT2D eigenvalue weighted by atomic mass is 10.1. The lowest BCUT2D eigenvalue weighted by Crippen LogP contribution is -2.34. The van der Waals surface area contributed by atoms with Gasteiger partial charge in [-0.3, -0.25) is 9.59 Å². The molecule has 3 rings (SSSR count). The van der Waals surface area contributed by atoms with E-state index < -0.39 is 6.10 Å². The second kappa shape index (κ2) is 8.12. The summed E-state index contributed by atoms with van der Waals surface area (Å²) in [5.41, 5.74) is 6.56. The van der Waals surface area contributed by atoms with Gasteiger partial charge in [0.25, 0.3) is 11.8 Å². The van der Waals surface area contributed by atoms with E-state index in [0.717, 1.165) is 16.7 Å². The van der Waals surface area contributed by atoms with Gasteiger partial charge in [0.15, 0.2) is 12.7 Å². The number of aryl methyl sites for hydroxylation is 1. The molecule has 28 heavy (non-hydrogen) atoms. The molecule has 0 saturated heterocycles. The molecule has 0 fully saturated rings. The standard InChI is InChI=1S/C21H23N3O4/c1-12-6-5-7-18(13(12)2)28-15(4)21(26)24-23-14(3)16-8-9-19-17(10-16)22-20(25)11-27-19/h5-10,15H,11H2,1-4H3,(H,22,25)(H,24,26)/b23-14-/t15-/m0/s1. The first kappa shape index (κ1) is 19.4. The van der Waals surface area contributed by atoms with Crippen molar-refractivity contribution in [3.8, 4) is 11.5 Å². The van der Waals surface area contributed by atoms with Crippen LogP contribution in [0.5, 0.6) is 11.5 Å². The highest BCUT2D eigenvalue weighted by Gasteiger charge is 2.18. The number of nitrogens with zero attached hydrogens (tertiary/aromatic N) is 1. The van der Waals surface area contributed by atoms with Crippen molar-refractivity contribution >= 4 is 23.2 Å². The van der Waals surface area contributed by atoms with Gasteiger partial charge in [0, 0.05) is 0 Å². The maximum absolute atomic E-state index is 12.3. The zero-order valence-electron chi connectivity index (χ0n) is 16.3. The first-order valence-electron chi connectivity index (χ1n) is 8.99. The zero-order chi connectivity index (χ0) is 20.3. The van der Waals surface area contributed by atoms with Crippen LogP contribution in [0.2, 0.25) is 0 Å². The number of hydrogen-bond acceptors (Lipinski definition) is 5. The Morgan fingerprint density at radius 3 is 2.86 bits per heavy atom. The van der Waals surface area contributed by atoms with Crippen molar-refractivity contribution in [2.24, 2.45) is 5.10 Å². The largest absolute Gasteiger partial charge is 0.482 e. The summed E-state index contributed by atoms with van der Waals surface area (Å²) in [6, 6.07) is 11.1. The predicted octanol–water partition coefficient (Wildman–Crippen LogP) is 2.94. The fourth-order valence-corrected chi connectivity index (χ4v) is 2.70. The van der Waals surface area contributed by atoms with Crippen LogP contribution < -0.4 is 20.2 Å². The molecule has 7 nitrogen and oxygen atoms in total. The van der Waals surface area contributed by atoms with Crippen molar-refractivity contribution < 1.29 is 19.1 Å². The number of ether oxygens (including phenoxy) is 2. The average molecular weight is 381 g/mol. The van der Waals surface area contributed by atoms with E-state index in [0.29, 0.717) is 22.9 Å². The summed E-state index contributed by atoms with van der Waals surface area (Å²) in [5.74, 6) is 0.726. The number of carbonyl (C=O) groups excluding carboxylic acids is 2. The van der Waals surface area contributed by atoms with Gasteiger partial charge in [0.1, 0.15) is 11.5 Å². The van der Waals surface area contributed by atoms with E-state index in [1.54, 1.807) is 26.0 Å². The molecule has 0 aromatic heterocycles. The van der Waals surface area contributed by atoms with Gasteiger partial charge >= 0.3 is 0 Å². The zero-order valence-corrected chi connectivity index (χ0v) is 16.3. The van der Waals surface area contributed by atoms with Crippen LogP contribution in [0.3, 0.4) is 0 Å². The minimum Gasteiger partial charge on any atom is -0.482 e. The number of carbonyl (C=O) groups is 2. The average Bonchev–Trinajstić information content (AvgIpc) is 2.68. The summed E-state index contributed by atoms with van der Waals surface area (Å²) in [4.78, 5) is 23.8. The van der Waals surface area contributed by atoms with Crippen LogP contribution in [0.4, 0.5) is 5.69 Å². The van der Waals surface area contributed by atoms with Gasteiger partial charge < -0.3 is 14.8 Å². The first-order valence-corrected chi connectivity index (χ1v) is 8.99. The van der Waals surface area contributed by atoms with Crippen molar-refractivity contribution in [2.75, 3.05) is 11.9 Å². The highest BCUT2D eigenvalue weighted by Crippen LogP contribution is 2.28. The van der Waals surface area contributed by atoms with Crippen LogP contribution >= 0.6 is 0 Å². The monoisotopic (exact) mass is 381 g/mol. The second-order valence-electron chi connectivity index (χ2n) is 6.68. The normalized spacial score (nSPS) is 14.4. The fourth-order valence-electron chi connectivity index (χ4n) is 2.70. The van der Waals surface area contributed by atoms with E-state index in [2.05, 4.69) is 15.8 Å². The first-order chi connectivity index (χ1) is 13.3. The Morgan fingerprint density at radius 1 is 1.29 bits per heavy atom. The predicted molar refractivity (Wildman–Crippen MR) is 107 cm³/mol. The Morgan fingerprint density at radius 2 is 2.07 bits per heavy atom. The van der Waals surface area contributed by atoms with E-state index in [4.69, 9.17) is 9.47 Å². The summed E-state index contributed by atoms with van der Waals surface area (Å²) in [5, 5.41) is 6.90. The van der Waals surface area contributed by atoms with Gasteiger partial charge in [-0.15, -0.1) is 0 Å². The van der Waals surface area contributed by atoms with Gasteiger partial charge in [-0.2, -0.15) is 5.10 Å². The van der Waals surface area contributed by atoms with Crippen LogP contribution in [0.25, 0.3) is 0 Å². The molecule has 1 heterocycles. The van der Waals surface area contributed by atoms with Crippen molar-refractivity contribution in [1.82, 2.24) is 5.43 Å². The van der Waals surface area contributed by atoms with Gasteiger partial charge in [-0.1, -0.05) is 12.1 Å². The molecule has 1 atom stereocenters. The molecular weight excluding hydrogens is 358 g/mol. The van der Waals surface area contributed by atoms with Crippen molar-refractivity contribution in [2.45, 2.75) is 33.8 Å². The molecule has 2 aromatic rings. The third kappa shape index (κ3) is 4.31. The maximum Gasteiger partial charge on any atom is 0.280 e. The number of amides is 2. The third-order valence-electron chi connectivity index (χ3n) is 4.59. The number of hydrogen-bond donors (Lipinski definition) is 2. The molecule has 0 bridgehead atoms. The summed E-state index contributed by atoms with van der Waals surface area (Å²) in [6.45, 7) is 7.40. The lowest BCUT2D eigenvalue weighted by molar-refractivity contribution is -0.127. The lowest BCUT2D eigenvalue weighted by Gasteiger charge is -2.18. The summed E-state index contributed by atoms with van der Waals surface area (Å²) >= 11 is 0. The molecule has 2 amide bonds. The molecule has 146 valence electrons. The molecule has 1 aliphatic heterocycles. The molecule has 2 N–H and O–H groups in total. The smallest absolute Gasteiger partial charge is 0.280 e. The number of benzene rings is 2. The van der Waals surface area contributed by atoms with Crippen LogP contribution in [0, 0.1) is 13.8 Å². The highest BCUT2D eigenvalue weighted by atomic mass is 16.5. The van der Waals surface area contributed by atoms with E-state index >= 15 is 0 Å². The van der Waals surface area contributed by atoms with Crippen LogP contribution in [-0.4, -0.2) is 30.2 Å². The Kier molecular flexibility index (Phi) is 5.63. The molecule has 7 heteroatoms. The van der Waals surface area contributed by atoms with Crippen LogP contribution in [-0.2, 0) is 9.59 Å². The summed E-state index contributed by atoms with van der Waals surface area (Å²) < 4.78 is 11.1. The van der Waals surface area contributed by atoms with Gasteiger partial charge in [-0.25, -0.2) is 5.43 Å². The van der Waals surface area contributed by atoms with Crippen molar-refractivity contribution in [1.29, 1.82) is 0 Å². The van der Waals surface area contributed by atoms with Gasteiger partial charge in [-0.05, 0) is 68.7 Å². The van der Waals surface area contributed by atoms with Crippen molar-refractivity contribution in [3.63, 3.8) is 0 Å². The number of anilines is 1. The quantitative estimate of drug-likeness (QED) is 0.616. The van der Waals surface area contributed by atoms with E-state index in [9.17, 15) is 9.59 Å². The Balaban J connectivity index is 1.65. The molecule has 2 aromatic carbocycles. The molecule has 1 aliphatic rings. The highest BCUT2D eigenvalue weighted by molar-refractivity contribution is 6.02. The fraction of sp³-hybridized carbons (Fsp3) is 0.286. The Labute approximate surface area is 163 Å².